The van der Waals surface area contributed by atoms with Gasteiger partial charge in [-0.05, 0) is 30.7 Å². The Morgan fingerprint density at radius 3 is 2.50 bits per heavy atom. The Morgan fingerprint density at radius 2 is 1.77 bits per heavy atom. The van der Waals surface area contributed by atoms with E-state index in [2.05, 4.69) is 5.32 Å². The molecule has 0 aliphatic rings. The lowest BCUT2D eigenvalue weighted by molar-refractivity contribution is -0.116. The maximum atomic E-state index is 12.7. The first-order valence-corrected chi connectivity index (χ1v) is 9.39. The molecule has 8 nitrogen and oxygen atoms in total. The van der Waals surface area contributed by atoms with E-state index in [9.17, 15) is 19.2 Å². The highest BCUT2D eigenvalue weighted by Crippen LogP contribution is 2.12. The summed E-state index contributed by atoms with van der Waals surface area (Å²) in [5.74, 6) is -1.07. The standard InChI is InChI=1S/C22H21N3O5/c1-2-30-21(28)17-9-6-10-18(13-17)23-19(26)15-25-20(27)11-12-24(22(25)29)14-16-7-4-3-5-8-16/h3-13H,2,14-15H2,1H3,(H,23,26). The molecule has 0 atom stereocenters. The van der Waals surface area contributed by atoms with Crippen LogP contribution in [0.4, 0.5) is 5.69 Å². The number of hydrogen-bond donors (Lipinski definition) is 1. The number of benzene rings is 2. The predicted octanol–water partition coefficient (Wildman–Crippen LogP) is 1.87. The van der Waals surface area contributed by atoms with Gasteiger partial charge < -0.3 is 10.1 Å². The molecule has 3 aromatic rings. The van der Waals surface area contributed by atoms with E-state index in [4.69, 9.17) is 4.74 Å². The lowest BCUT2D eigenvalue weighted by atomic mass is 10.2. The molecule has 1 aromatic heterocycles. The molecule has 1 amide bonds. The minimum absolute atomic E-state index is 0.238. The first-order chi connectivity index (χ1) is 14.5. The summed E-state index contributed by atoms with van der Waals surface area (Å²) in [7, 11) is 0. The first kappa shape index (κ1) is 20.8. The van der Waals surface area contributed by atoms with Crippen molar-refractivity contribution >= 4 is 17.6 Å². The summed E-state index contributed by atoms with van der Waals surface area (Å²) < 4.78 is 7.17. The van der Waals surface area contributed by atoms with Gasteiger partial charge in [0.25, 0.3) is 5.56 Å². The van der Waals surface area contributed by atoms with E-state index in [1.165, 1.54) is 22.9 Å². The number of nitrogens with one attached hydrogen (secondary N) is 1. The Bertz CT molecular complexity index is 1170. The smallest absolute Gasteiger partial charge is 0.338 e. The Balaban J connectivity index is 1.76. The molecular formula is C22H21N3O5. The van der Waals surface area contributed by atoms with Crippen molar-refractivity contribution in [1.29, 1.82) is 0 Å². The van der Waals surface area contributed by atoms with E-state index in [1.807, 2.05) is 30.3 Å². The van der Waals surface area contributed by atoms with Gasteiger partial charge in [-0.15, -0.1) is 0 Å². The predicted molar refractivity (Wildman–Crippen MR) is 112 cm³/mol. The van der Waals surface area contributed by atoms with Crippen molar-refractivity contribution in [2.24, 2.45) is 0 Å². The number of nitrogens with zero attached hydrogens (tertiary/aromatic N) is 2. The molecule has 0 unspecified atom stereocenters. The van der Waals surface area contributed by atoms with Crippen molar-refractivity contribution in [3.05, 3.63) is 98.8 Å². The normalized spacial score (nSPS) is 10.4. The van der Waals surface area contributed by atoms with Crippen LogP contribution in [-0.2, 0) is 22.6 Å². The molecule has 0 spiro atoms. The van der Waals surface area contributed by atoms with Crippen molar-refractivity contribution in [1.82, 2.24) is 9.13 Å². The van der Waals surface area contributed by atoms with E-state index < -0.39 is 29.7 Å². The highest BCUT2D eigenvalue weighted by atomic mass is 16.5. The molecule has 0 aliphatic heterocycles. The van der Waals surface area contributed by atoms with Gasteiger partial charge >= 0.3 is 11.7 Å². The van der Waals surface area contributed by atoms with Gasteiger partial charge in [0.2, 0.25) is 5.91 Å². The van der Waals surface area contributed by atoms with Crippen LogP contribution in [0, 0.1) is 0 Å². The third kappa shape index (κ3) is 5.11. The third-order valence-corrected chi connectivity index (χ3v) is 4.29. The van der Waals surface area contributed by atoms with Gasteiger partial charge in [-0.25, -0.2) is 9.59 Å². The average Bonchev–Trinajstić information content (AvgIpc) is 2.74. The van der Waals surface area contributed by atoms with Gasteiger partial charge in [-0.3, -0.25) is 18.7 Å². The van der Waals surface area contributed by atoms with Crippen molar-refractivity contribution in [3.63, 3.8) is 0 Å². The molecule has 0 radical (unpaired) electrons. The first-order valence-electron chi connectivity index (χ1n) is 9.39. The van der Waals surface area contributed by atoms with Crippen LogP contribution in [-0.4, -0.2) is 27.6 Å². The zero-order chi connectivity index (χ0) is 21.5. The summed E-state index contributed by atoms with van der Waals surface area (Å²) in [4.78, 5) is 49.1. The molecule has 0 saturated heterocycles. The summed E-state index contributed by atoms with van der Waals surface area (Å²) in [6.45, 7) is 1.77. The summed E-state index contributed by atoms with van der Waals surface area (Å²) >= 11 is 0. The van der Waals surface area contributed by atoms with E-state index in [-0.39, 0.29) is 18.7 Å². The SMILES string of the molecule is CCOC(=O)c1cccc(NC(=O)Cn2c(=O)ccn(Cc3ccccc3)c2=O)c1. The number of carbonyl (C=O) groups is 2. The number of carbonyl (C=O) groups excluding carboxylic acids is 2. The van der Waals surface area contributed by atoms with Gasteiger partial charge in [0, 0.05) is 18.0 Å². The maximum absolute atomic E-state index is 12.7. The molecule has 0 fully saturated rings. The van der Waals surface area contributed by atoms with Crippen LogP contribution in [0.2, 0.25) is 0 Å². The van der Waals surface area contributed by atoms with E-state index in [0.29, 0.717) is 5.69 Å². The molecule has 1 N–H and O–H groups in total. The number of esters is 1. The summed E-state index contributed by atoms with van der Waals surface area (Å²) in [5, 5.41) is 2.60. The minimum Gasteiger partial charge on any atom is -0.462 e. The molecular weight excluding hydrogens is 386 g/mol. The van der Waals surface area contributed by atoms with Crippen LogP contribution in [0.15, 0.2) is 76.4 Å². The van der Waals surface area contributed by atoms with E-state index >= 15 is 0 Å². The van der Waals surface area contributed by atoms with Gasteiger partial charge in [0.05, 0.1) is 18.7 Å². The topological polar surface area (TPSA) is 99.4 Å². The molecule has 154 valence electrons. The monoisotopic (exact) mass is 407 g/mol. The quantitative estimate of drug-likeness (QED) is 0.603. The number of ether oxygens (including phenoxy) is 1. The van der Waals surface area contributed by atoms with E-state index in [1.54, 1.807) is 25.1 Å². The number of rotatable bonds is 7. The highest BCUT2D eigenvalue weighted by Gasteiger charge is 2.12. The molecule has 1 heterocycles. The number of anilines is 1. The van der Waals surface area contributed by atoms with Crippen LogP contribution in [0.25, 0.3) is 0 Å². The molecule has 2 aromatic carbocycles. The van der Waals surface area contributed by atoms with Crippen LogP contribution in [0.5, 0.6) is 0 Å². The van der Waals surface area contributed by atoms with Crippen molar-refractivity contribution in [2.75, 3.05) is 11.9 Å². The lowest BCUT2D eigenvalue weighted by Crippen LogP contribution is -2.41. The van der Waals surface area contributed by atoms with Crippen molar-refractivity contribution in [2.45, 2.75) is 20.0 Å². The summed E-state index contributed by atoms with van der Waals surface area (Å²) in [5.41, 5.74) is 0.391. The Morgan fingerprint density at radius 1 is 1.00 bits per heavy atom. The van der Waals surface area contributed by atoms with Crippen LogP contribution < -0.4 is 16.6 Å². The van der Waals surface area contributed by atoms with Gasteiger partial charge in [0.15, 0.2) is 0 Å². The fourth-order valence-electron chi connectivity index (χ4n) is 2.89. The van der Waals surface area contributed by atoms with Crippen LogP contribution in [0.3, 0.4) is 0 Å². The molecule has 3 rings (SSSR count). The average molecular weight is 407 g/mol. The summed E-state index contributed by atoms with van der Waals surface area (Å²) in [6.07, 6.45) is 1.41. The fraction of sp³-hybridized carbons (Fsp3) is 0.182. The Kier molecular flexibility index (Phi) is 6.59. The van der Waals surface area contributed by atoms with Gasteiger partial charge in [-0.1, -0.05) is 36.4 Å². The second-order valence-electron chi connectivity index (χ2n) is 6.49. The van der Waals surface area contributed by atoms with Crippen LogP contribution in [0.1, 0.15) is 22.8 Å². The number of aromatic nitrogens is 2. The lowest BCUT2D eigenvalue weighted by Gasteiger charge is -2.11. The van der Waals surface area contributed by atoms with Crippen molar-refractivity contribution in [3.8, 4) is 0 Å². The molecule has 30 heavy (non-hydrogen) atoms. The van der Waals surface area contributed by atoms with E-state index in [0.717, 1.165) is 10.1 Å². The zero-order valence-electron chi connectivity index (χ0n) is 16.4. The van der Waals surface area contributed by atoms with Crippen molar-refractivity contribution < 1.29 is 14.3 Å². The molecule has 0 saturated carbocycles. The molecule has 8 heteroatoms. The summed E-state index contributed by atoms with van der Waals surface area (Å²) in [6, 6.07) is 16.8. The largest absolute Gasteiger partial charge is 0.462 e. The molecule has 0 bridgehead atoms. The molecule has 0 aliphatic carbocycles. The van der Waals surface area contributed by atoms with Crippen LogP contribution >= 0.6 is 0 Å². The second-order valence-corrected chi connectivity index (χ2v) is 6.49. The zero-order valence-corrected chi connectivity index (χ0v) is 16.4. The minimum atomic E-state index is -0.582. The Hall–Kier alpha value is -3.94. The number of hydrogen-bond acceptors (Lipinski definition) is 5. The maximum Gasteiger partial charge on any atom is 0.338 e. The second kappa shape index (κ2) is 9.51. The highest BCUT2D eigenvalue weighted by molar-refractivity contribution is 5.94. The third-order valence-electron chi connectivity index (χ3n) is 4.29. The Labute approximate surface area is 172 Å². The van der Waals surface area contributed by atoms with Gasteiger partial charge in [0.1, 0.15) is 6.54 Å². The number of amides is 1. The fourth-order valence-corrected chi connectivity index (χ4v) is 2.89. The van der Waals surface area contributed by atoms with Gasteiger partial charge in [-0.2, -0.15) is 0 Å².